The Hall–Kier alpha value is -0.770. The first-order valence-electron chi connectivity index (χ1n) is 10.2. The highest BCUT2D eigenvalue weighted by molar-refractivity contribution is 7.99. The summed E-state index contributed by atoms with van der Waals surface area (Å²) in [6, 6.07) is 0. The molecule has 2 unspecified atom stereocenters. The molecule has 0 N–H and O–H groups in total. The topological polar surface area (TPSA) is 43.4 Å². The highest BCUT2D eigenvalue weighted by Crippen LogP contribution is 2.66. The maximum Gasteiger partial charge on any atom is 0.302 e. The van der Waals surface area contributed by atoms with E-state index in [0.717, 1.165) is 25.7 Å². The molecule has 0 aromatic heterocycles. The molecule has 3 nitrogen and oxygen atoms in total. The predicted octanol–water partition coefficient (Wildman–Crippen LogP) is 4.79. The van der Waals surface area contributed by atoms with Crippen molar-refractivity contribution in [3.05, 3.63) is 11.6 Å². The van der Waals surface area contributed by atoms with Crippen molar-refractivity contribution in [2.24, 2.45) is 28.6 Å². The van der Waals surface area contributed by atoms with Gasteiger partial charge in [0.15, 0.2) is 5.78 Å². The number of ketones is 1. The molecule has 7 atom stereocenters. The third kappa shape index (κ3) is 2.62. The molecule has 3 fully saturated rings. The van der Waals surface area contributed by atoms with Crippen LogP contribution in [0, 0.1) is 28.6 Å². The minimum atomic E-state index is -0.132. The van der Waals surface area contributed by atoms with Crippen LogP contribution in [0.15, 0.2) is 11.6 Å². The summed E-state index contributed by atoms with van der Waals surface area (Å²) in [5.41, 5.74) is 1.75. The van der Waals surface area contributed by atoms with Crippen LogP contribution in [-0.4, -0.2) is 29.4 Å². The lowest BCUT2D eigenvalue weighted by Crippen LogP contribution is -2.55. The van der Waals surface area contributed by atoms with Gasteiger partial charge in [0.2, 0.25) is 0 Å². The number of rotatable bonds is 2. The molecular weight excluding hydrogens is 344 g/mol. The van der Waals surface area contributed by atoms with Gasteiger partial charge in [-0.2, -0.15) is 11.8 Å². The summed E-state index contributed by atoms with van der Waals surface area (Å²) in [6.07, 6.45) is 11.7. The summed E-state index contributed by atoms with van der Waals surface area (Å²) in [5.74, 6) is 2.18. The predicted molar refractivity (Wildman–Crippen MR) is 105 cm³/mol. The smallest absolute Gasteiger partial charge is 0.302 e. The molecule has 4 aliphatic carbocycles. The van der Waals surface area contributed by atoms with Gasteiger partial charge >= 0.3 is 5.97 Å². The lowest BCUT2D eigenvalue weighted by Gasteiger charge is -2.60. The first-order chi connectivity index (χ1) is 12.3. The van der Waals surface area contributed by atoms with E-state index in [1.807, 2.05) is 17.8 Å². The maximum atomic E-state index is 12.1. The molecule has 0 amide bonds. The van der Waals surface area contributed by atoms with Crippen molar-refractivity contribution in [2.45, 2.75) is 77.1 Å². The van der Waals surface area contributed by atoms with E-state index in [-0.39, 0.29) is 22.9 Å². The zero-order chi connectivity index (χ0) is 18.7. The van der Waals surface area contributed by atoms with Crippen LogP contribution in [0.4, 0.5) is 0 Å². The van der Waals surface area contributed by atoms with E-state index in [1.54, 1.807) is 6.92 Å². The summed E-state index contributed by atoms with van der Waals surface area (Å²) in [5, 5.41) is 0.589. The van der Waals surface area contributed by atoms with Crippen LogP contribution in [0.5, 0.6) is 0 Å². The highest BCUT2D eigenvalue weighted by atomic mass is 32.2. The summed E-state index contributed by atoms with van der Waals surface area (Å²) < 4.78 is 5.78. The van der Waals surface area contributed by atoms with E-state index in [2.05, 4.69) is 20.1 Å². The maximum absolute atomic E-state index is 12.1. The zero-order valence-corrected chi connectivity index (χ0v) is 17.4. The molecule has 0 bridgehead atoms. The van der Waals surface area contributed by atoms with Gasteiger partial charge in [-0.25, -0.2) is 0 Å². The van der Waals surface area contributed by atoms with E-state index in [9.17, 15) is 9.59 Å². The Morgan fingerprint density at radius 1 is 1.19 bits per heavy atom. The lowest BCUT2D eigenvalue weighted by molar-refractivity contribution is -0.157. The number of esters is 1. The third-order valence-electron chi connectivity index (χ3n) is 8.48. The number of carbonyl (C=O) groups is 2. The third-order valence-corrected chi connectivity index (χ3v) is 9.57. The minimum Gasteiger partial charge on any atom is -0.462 e. The zero-order valence-electron chi connectivity index (χ0n) is 16.5. The number of allylic oxidation sites excluding steroid dienone is 1. The van der Waals surface area contributed by atoms with Crippen LogP contribution in [0.2, 0.25) is 0 Å². The van der Waals surface area contributed by atoms with Crippen molar-refractivity contribution in [1.82, 2.24) is 0 Å². The number of ether oxygens (including phenoxy) is 1. The number of thioether (sulfide) groups is 1. The molecule has 0 radical (unpaired) electrons. The molecule has 0 aromatic carbocycles. The number of carbonyl (C=O) groups excluding carboxylic acids is 2. The van der Waals surface area contributed by atoms with Gasteiger partial charge in [0.05, 0.1) is 0 Å². The van der Waals surface area contributed by atoms with E-state index < -0.39 is 0 Å². The van der Waals surface area contributed by atoms with Gasteiger partial charge in [-0.1, -0.05) is 19.4 Å². The largest absolute Gasteiger partial charge is 0.462 e. The van der Waals surface area contributed by atoms with Crippen LogP contribution in [0.1, 0.15) is 65.7 Å². The van der Waals surface area contributed by atoms with Gasteiger partial charge < -0.3 is 4.74 Å². The van der Waals surface area contributed by atoms with E-state index >= 15 is 0 Å². The minimum absolute atomic E-state index is 0.0890. The van der Waals surface area contributed by atoms with E-state index in [4.69, 9.17) is 4.74 Å². The lowest BCUT2D eigenvalue weighted by atomic mass is 9.47. The first-order valence-corrected chi connectivity index (χ1v) is 11.5. The van der Waals surface area contributed by atoms with Gasteiger partial charge in [0, 0.05) is 24.0 Å². The quantitative estimate of drug-likeness (QED) is 0.650. The van der Waals surface area contributed by atoms with Crippen molar-refractivity contribution >= 4 is 23.5 Å². The van der Waals surface area contributed by atoms with Crippen LogP contribution in [0.25, 0.3) is 0 Å². The summed E-state index contributed by atoms with van der Waals surface area (Å²) >= 11 is 1.99. The molecule has 4 rings (SSSR count). The van der Waals surface area contributed by atoms with Gasteiger partial charge in [-0.05, 0) is 74.0 Å². The van der Waals surface area contributed by atoms with E-state index in [1.165, 1.54) is 18.4 Å². The normalized spacial score (nSPS) is 47.5. The summed E-state index contributed by atoms with van der Waals surface area (Å²) in [6.45, 7) is 6.36. The fraction of sp³-hybridized carbons (Fsp3) is 0.818. The monoisotopic (exact) mass is 376 g/mol. The van der Waals surface area contributed by atoms with Gasteiger partial charge in [-0.3, -0.25) is 9.59 Å². The van der Waals surface area contributed by atoms with E-state index in [0.29, 0.717) is 35.2 Å². The number of hydrogen-bond donors (Lipinski definition) is 0. The van der Waals surface area contributed by atoms with Crippen LogP contribution >= 0.6 is 11.8 Å². The molecule has 0 aromatic rings. The molecule has 0 spiro atoms. The van der Waals surface area contributed by atoms with Crippen LogP contribution in [-0.2, 0) is 14.3 Å². The summed E-state index contributed by atoms with van der Waals surface area (Å²) in [7, 11) is 0. The molecule has 0 aliphatic heterocycles. The first kappa shape index (κ1) is 18.6. The van der Waals surface area contributed by atoms with Gasteiger partial charge in [-0.15, -0.1) is 0 Å². The average Bonchev–Trinajstić information content (AvgIpc) is 2.91. The molecular formula is C22H32O3S. The fourth-order valence-corrected chi connectivity index (χ4v) is 8.13. The van der Waals surface area contributed by atoms with Gasteiger partial charge in [0.25, 0.3) is 0 Å². The molecule has 144 valence electrons. The second-order valence-corrected chi connectivity index (χ2v) is 10.6. The van der Waals surface area contributed by atoms with Gasteiger partial charge in [0.1, 0.15) is 6.10 Å². The van der Waals surface area contributed by atoms with Crippen LogP contribution in [0.3, 0.4) is 0 Å². The Morgan fingerprint density at radius 2 is 1.96 bits per heavy atom. The van der Waals surface area contributed by atoms with Crippen molar-refractivity contribution in [2.75, 3.05) is 6.26 Å². The average molecular weight is 377 g/mol. The second-order valence-electron chi connectivity index (χ2n) is 9.54. The highest BCUT2D eigenvalue weighted by Gasteiger charge is 2.62. The Kier molecular flexibility index (Phi) is 4.57. The molecule has 0 heterocycles. The Labute approximate surface area is 161 Å². The Bertz CT molecular complexity index is 656. The van der Waals surface area contributed by atoms with Crippen molar-refractivity contribution < 1.29 is 14.3 Å². The summed E-state index contributed by atoms with van der Waals surface area (Å²) in [4.78, 5) is 23.7. The van der Waals surface area contributed by atoms with Crippen molar-refractivity contribution in [3.63, 3.8) is 0 Å². The Morgan fingerprint density at radius 3 is 2.65 bits per heavy atom. The molecule has 26 heavy (non-hydrogen) atoms. The fourth-order valence-electron chi connectivity index (χ4n) is 7.09. The Balaban J connectivity index is 1.69. The van der Waals surface area contributed by atoms with Crippen molar-refractivity contribution in [3.8, 4) is 0 Å². The second kappa shape index (κ2) is 6.39. The number of hydrogen-bond acceptors (Lipinski definition) is 4. The molecule has 3 saturated carbocycles. The molecule has 4 aliphatic rings. The van der Waals surface area contributed by atoms with Crippen LogP contribution < -0.4 is 0 Å². The standard InChI is InChI=1S/C22H32O3S/c1-13(23)25-19-6-5-16-20-17(8-10-22(16,19)3)21(2)9-7-15(24)11-14(21)12-18(20)26-4/h11,16-20H,5-10,12H2,1-4H3/t16-,17-,18?,19?,20-,21-,22-/m0/s1. The number of fused-ring (bicyclic) bond motifs is 5. The molecule has 0 saturated heterocycles. The SMILES string of the molecule is CSC1CC2=CC(=O)CC[C@]2(C)[C@H]2CC[C@]3(C)C(OC(C)=O)CC[C@H]3[C@H]12. The van der Waals surface area contributed by atoms with Crippen molar-refractivity contribution in [1.29, 1.82) is 0 Å². The molecule has 4 heteroatoms.